The van der Waals surface area contributed by atoms with Gasteiger partial charge in [0, 0.05) is 23.9 Å². The van der Waals surface area contributed by atoms with Crippen molar-refractivity contribution in [3.8, 4) is 5.75 Å². The SMILES string of the molecule is CCN(CC(=O)Nc1cccc(OC)c1)C(=O)c1ccc(C)c(C)c1. The molecule has 0 saturated carbocycles. The van der Waals surface area contributed by atoms with Crippen molar-refractivity contribution in [2.45, 2.75) is 20.8 Å². The van der Waals surface area contributed by atoms with Crippen molar-refractivity contribution in [2.75, 3.05) is 25.5 Å². The topological polar surface area (TPSA) is 58.6 Å². The number of hydrogen-bond acceptors (Lipinski definition) is 3. The molecule has 0 aliphatic rings. The molecule has 0 heterocycles. The summed E-state index contributed by atoms with van der Waals surface area (Å²) in [6.07, 6.45) is 0. The second-order valence-electron chi connectivity index (χ2n) is 5.90. The maximum absolute atomic E-state index is 12.7. The molecule has 0 fully saturated rings. The van der Waals surface area contributed by atoms with Crippen LogP contribution in [0.1, 0.15) is 28.4 Å². The number of hydrogen-bond donors (Lipinski definition) is 1. The lowest BCUT2D eigenvalue weighted by atomic mass is 10.1. The average Bonchev–Trinajstić information content (AvgIpc) is 2.61. The number of nitrogens with one attached hydrogen (secondary N) is 1. The quantitative estimate of drug-likeness (QED) is 0.877. The molecular weight excluding hydrogens is 316 g/mol. The molecule has 0 unspecified atom stereocenters. The van der Waals surface area contributed by atoms with Crippen LogP contribution in [0.5, 0.6) is 5.75 Å². The fourth-order valence-electron chi connectivity index (χ4n) is 2.46. The van der Waals surface area contributed by atoms with Gasteiger partial charge in [0.05, 0.1) is 7.11 Å². The molecule has 0 aliphatic carbocycles. The summed E-state index contributed by atoms with van der Waals surface area (Å²) in [6, 6.07) is 12.7. The van der Waals surface area contributed by atoms with Gasteiger partial charge < -0.3 is 15.0 Å². The van der Waals surface area contributed by atoms with E-state index in [9.17, 15) is 9.59 Å². The molecule has 5 nitrogen and oxygen atoms in total. The van der Waals surface area contributed by atoms with E-state index >= 15 is 0 Å². The predicted molar refractivity (Wildman–Crippen MR) is 99.1 cm³/mol. The Labute approximate surface area is 148 Å². The van der Waals surface area contributed by atoms with Crippen LogP contribution in [0.15, 0.2) is 42.5 Å². The fraction of sp³-hybridized carbons (Fsp3) is 0.300. The minimum atomic E-state index is -0.243. The van der Waals surface area contributed by atoms with Crippen molar-refractivity contribution in [3.63, 3.8) is 0 Å². The van der Waals surface area contributed by atoms with Crippen molar-refractivity contribution >= 4 is 17.5 Å². The van der Waals surface area contributed by atoms with Crippen LogP contribution in [0.25, 0.3) is 0 Å². The zero-order chi connectivity index (χ0) is 18.4. The highest BCUT2D eigenvalue weighted by atomic mass is 16.5. The summed E-state index contributed by atoms with van der Waals surface area (Å²) in [6.45, 7) is 6.29. The Morgan fingerprint density at radius 3 is 2.48 bits per heavy atom. The van der Waals surface area contributed by atoms with Crippen LogP contribution in [0.2, 0.25) is 0 Å². The van der Waals surface area contributed by atoms with Gasteiger partial charge in [-0.15, -0.1) is 0 Å². The number of amides is 2. The predicted octanol–water partition coefficient (Wildman–Crippen LogP) is 3.41. The number of methoxy groups -OCH3 is 1. The molecule has 0 aromatic heterocycles. The van der Waals surface area contributed by atoms with E-state index in [-0.39, 0.29) is 18.4 Å². The van der Waals surface area contributed by atoms with Gasteiger partial charge in [-0.25, -0.2) is 0 Å². The maximum Gasteiger partial charge on any atom is 0.254 e. The molecule has 2 aromatic rings. The van der Waals surface area contributed by atoms with E-state index in [1.807, 2.05) is 32.9 Å². The molecule has 0 atom stereocenters. The number of ether oxygens (including phenoxy) is 1. The molecule has 2 amide bonds. The first-order valence-electron chi connectivity index (χ1n) is 8.25. The summed E-state index contributed by atoms with van der Waals surface area (Å²) in [5.41, 5.74) is 3.43. The maximum atomic E-state index is 12.7. The summed E-state index contributed by atoms with van der Waals surface area (Å²) < 4.78 is 5.14. The molecule has 0 spiro atoms. The summed E-state index contributed by atoms with van der Waals surface area (Å²) in [4.78, 5) is 26.5. The number of benzene rings is 2. The summed E-state index contributed by atoms with van der Waals surface area (Å²) in [5.74, 6) is 0.273. The lowest BCUT2D eigenvalue weighted by Gasteiger charge is -2.21. The Morgan fingerprint density at radius 1 is 1.08 bits per heavy atom. The van der Waals surface area contributed by atoms with E-state index in [1.54, 1.807) is 37.4 Å². The van der Waals surface area contributed by atoms with Crippen LogP contribution in [-0.2, 0) is 4.79 Å². The van der Waals surface area contributed by atoms with E-state index in [2.05, 4.69) is 5.32 Å². The first-order chi connectivity index (χ1) is 11.9. The van der Waals surface area contributed by atoms with Gasteiger partial charge in [0.2, 0.25) is 5.91 Å². The van der Waals surface area contributed by atoms with Crippen LogP contribution >= 0.6 is 0 Å². The number of likely N-dealkylation sites (N-methyl/N-ethyl adjacent to an activating group) is 1. The smallest absolute Gasteiger partial charge is 0.254 e. The van der Waals surface area contributed by atoms with Crippen LogP contribution in [0, 0.1) is 13.8 Å². The number of aryl methyl sites for hydroxylation is 2. The fourth-order valence-corrected chi connectivity index (χ4v) is 2.46. The van der Waals surface area contributed by atoms with Crippen LogP contribution in [0.3, 0.4) is 0 Å². The minimum absolute atomic E-state index is 0.000529. The minimum Gasteiger partial charge on any atom is -0.497 e. The van der Waals surface area contributed by atoms with Crippen LogP contribution in [-0.4, -0.2) is 36.9 Å². The summed E-state index contributed by atoms with van der Waals surface area (Å²) >= 11 is 0. The number of rotatable bonds is 6. The van der Waals surface area contributed by atoms with Crippen LogP contribution in [0.4, 0.5) is 5.69 Å². The molecule has 25 heavy (non-hydrogen) atoms. The molecule has 0 bridgehead atoms. The first-order valence-corrected chi connectivity index (χ1v) is 8.25. The molecule has 0 radical (unpaired) electrons. The van der Waals surface area contributed by atoms with Crippen molar-refractivity contribution in [1.29, 1.82) is 0 Å². The van der Waals surface area contributed by atoms with Crippen LogP contribution < -0.4 is 10.1 Å². The Bertz CT molecular complexity index is 771. The molecule has 0 saturated heterocycles. The Hall–Kier alpha value is -2.82. The Morgan fingerprint density at radius 2 is 1.84 bits per heavy atom. The van der Waals surface area contributed by atoms with E-state index < -0.39 is 0 Å². The Balaban J connectivity index is 2.05. The van der Waals surface area contributed by atoms with Crippen molar-refractivity contribution in [3.05, 3.63) is 59.2 Å². The zero-order valence-electron chi connectivity index (χ0n) is 15.1. The number of carbonyl (C=O) groups excluding carboxylic acids is 2. The number of nitrogens with zero attached hydrogens (tertiary/aromatic N) is 1. The molecule has 5 heteroatoms. The van der Waals surface area contributed by atoms with Gasteiger partial charge in [-0.3, -0.25) is 9.59 Å². The van der Waals surface area contributed by atoms with E-state index in [4.69, 9.17) is 4.74 Å². The van der Waals surface area contributed by atoms with E-state index in [1.165, 1.54) is 4.90 Å². The van der Waals surface area contributed by atoms with Crippen molar-refractivity contribution in [1.82, 2.24) is 4.90 Å². The summed E-state index contributed by atoms with van der Waals surface area (Å²) in [7, 11) is 1.57. The van der Waals surface area contributed by atoms with Gasteiger partial charge in [0.1, 0.15) is 12.3 Å². The molecule has 132 valence electrons. The second-order valence-corrected chi connectivity index (χ2v) is 5.90. The molecular formula is C20H24N2O3. The second kappa shape index (κ2) is 8.33. The average molecular weight is 340 g/mol. The van der Waals surface area contributed by atoms with Gasteiger partial charge >= 0.3 is 0 Å². The molecule has 1 N–H and O–H groups in total. The van der Waals surface area contributed by atoms with Gasteiger partial charge in [0.25, 0.3) is 5.91 Å². The zero-order valence-corrected chi connectivity index (χ0v) is 15.1. The molecule has 0 aliphatic heterocycles. The first kappa shape index (κ1) is 18.5. The lowest BCUT2D eigenvalue weighted by molar-refractivity contribution is -0.116. The highest BCUT2D eigenvalue weighted by Gasteiger charge is 2.18. The largest absolute Gasteiger partial charge is 0.497 e. The Kier molecular flexibility index (Phi) is 6.17. The molecule has 2 rings (SSSR count). The van der Waals surface area contributed by atoms with Gasteiger partial charge in [-0.05, 0) is 56.2 Å². The van der Waals surface area contributed by atoms with E-state index in [0.717, 1.165) is 11.1 Å². The summed E-state index contributed by atoms with van der Waals surface area (Å²) in [5, 5.41) is 2.80. The van der Waals surface area contributed by atoms with Crippen molar-refractivity contribution in [2.24, 2.45) is 0 Å². The third-order valence-electron chi connectivity index (χ3n) is 4.11. The third kappa shape index (κ3) is 4.83. The van der Waals surface area contributed by atoms with Gasteiger partial charge in [-0.2, -0.15) is 0 Å². The van der Waals surface area contributed by atoms with Gasteiger partial charge in [0.15, 0.2) is 0 Å². The highest BCUT2D eigenvalue weighted by Crippen LogP contribution is 2.17. The number of anilines is 1. The van der Waals surface area contributed by atoms with Crippen molar-refractivity contribution < 1.29 is 14.3 Å². The third-order valence-corrected chi connectivity index (χ3v) is 4.11. The monoisotopic (exact) mass is 340 g/mol. The molecule has 2 aromatic carbocycles. The normalized spacial score (nSPS) is 10.2. The standard InChI is InChI=1S/C20H24N2O3/c1-5-22(20(24)16-10-9-14(2)15(3)11-16)13-19(23)21-17-7-6-8-18(12-17)25-4/h6-12H,5,13H2,1-4H3,(H,21,23). The highest BCUT2D eigenvalue weighted by molar-refractivity contribution is 5.99. The lowest BCUT2D eigenvalue weighted by Crippen LogP contribution is -2.37. The van der Waals surface area contributed by atoms with E-state index in [0.29, 0.717) is 23.5 Å². The van der Waals surface area contributed by atoms with Gasteiger partial charge in [-0.1, -0.05) is 12.1 Å². The number of carbonyl (C=O) groups is 2.